The molecule has 6 nitrogen and oxygen atoms in total. The molecule has 0 unspecified atom stereocenters. The summed E-state index contributed by atoms with van der Waals surface area (Å²) in [6.45, 7) is 5.64. The van der Waals surface area contributed by atoms with Crippen LogP contribution in [0.4, 0.5) is 0 Å². The number of aryl methyl sites for hydroxylation is 3. The van der Waals surface area contributed by atoms with Crippen LogP contribution < -0.4 is 5.56 Å². The van der Waals surface area contributed by atoms with E-state index >= 15 is 0 Å². The highest BCUT2D eigenvalue weighted by atomic mass is 32.2. The van der Waals surface area contributed by atoms with E-state index in [1.165, 1.54) is 28.0 Å². The van der Waals surface area contributed by atoms with E-state index in [9.17, 15) is 10.1 Å². The van der Waals surface area contributed by atoms with E-state index in [1.807, 2.05) is 18.4 Å². The lowest BCUT2D eigenvalue weighted by molar-refractivity contribution is 0.921. The molecule has 0 saturated carbocycles. The van der Waals surface area contributed by atoms with Crippen molar-refractivity contribution in [3.05, 3.63) is 55.6 Å². The Balaban J connectivity index is 1.67. The lowest BCUT2D eigenvalue weighted by Crippen LogP contribution is -2.10. The summed E-state index contributed by atoms with van der Waals surface area (Å²) in [5.74, 6) is 1.60. The van der Waals surface area contributed by atoms with Crippen LogP contribution in [0.15, 0.2) is 27.3 Å². The van der Waals surface area contributed by atoms with Crippen molar-refractivity contribution in [2.75, 3.05) is 0 Å². The molecule has 0 radical (unpaired) electrons. The van der Waals surface area contributed by atoms with Crippen LogP contribution in [-0.2, 0) is 5.75 Å². The molecule has 140 valence electrons. The molecular weight excluding hydrogens is 410 g/mol. The van der Waals surface area contributed by atoms with E-state index in [4.69, 9.17) is 0 Å². The van der Waals surface area contributed by atoms with Crippen LogP contribution >= 0.6 is 34.4 Å². The molecule has 0 spiro atoms. The quantitative estimate of drug-likeness (QED) is 0.379. The van der Waals surface area contributed by atoms with E-state index in [1.54, 1.807) is 25.2 Å². The van der Waals surface area contributed by atoms with Gasteiger partial charge in [-0.3, -0.25) is 4.79 Å². The minimum atomic E-state index is -0.140. The molecule has 4 heterocycles. The Morgan fingerprint density at radius 2 is 2.04 bits per heavy atom. The SMILES string of the molecule is Cc1nc(C)c(C#N)c(SCc2nc3scc(-c4ccc(C)s4)c3c(=O)[nH]2)n1. The summed E-state index contributed by atoms with van der Waals surface area (Å²) in [5.41, 5.74) is 1.91. The number of rotatable bonds is 4. The molecule has 28 heavy (non-hydrogen) atoms. The molecule has 0 bridgehead atoms. The number of hydrogen-bond donors (Lipinski definition) is 1. The van der Waals surface area contributed by atoms with E-state index < -0.39 is 0 Å². The standard InChI is InChI=1S/C19H15N5OS3/c1-9-4-5-14(28-9)13-7-26-19-16(13)17(25)23-15(24-19)8-27-18-12(6-20)10(2)21-11(3)22-18/h4-5,7H,8H2,1-3H3,(H,23,24,25). The van der Waals surface area contributed by atoms with Gasteiger partial charge in [0.25, 0.3) is 5.56 Å². The highest BCUT2D eigenvalue weighted by molar-refractivity contribution is 7.98. The molecule has 0 amide bonds. The number of thioether (sulfide) groups is 1. The number of fused-ring (bicyclic) bond motifs is 1. The average molecular weight is 426 g/mol. The molecule has 0 aliphatic carbocycles. The number of H-pyrrole nitrogens is 1. The van der Waals surface area contributed by atoms with Crippen LogP contribution in [0.3, 0.4) is 0 Å². The predicted octanol–water partition coefficient (Wildman–Crippen LogP) is 4.59. The monoisotopic (exact) mass is 425 g/mol. The van der Waals surface area contributed by atoms with Crippen molar-refractivity contribution in [1.29, 1.82) is 5.26 Å². The van der Waals surface area contributed by atoms with Gasteiger partial charge in [0.15, 0.2) is 0 Å². The summed E-state index contributed by atoms with van der Waals surface area (Å²) in [4.78, 5) is 31.8. The molecule has 1 N–H and O–H groups in total. The topological polar surface area (TPSA) is 95.3 Å². The van der Waals surface area contributed by atoms with Crippen LogP contribution in [0, 0.1) is 32.1 Å². The molecule has 4 aromatic heterocycles. The summed E-state index contributed by atoms with van der Waals surface area (Å²) in [7, 11) is 0. The number of nitrogens with one attached hydrogen (secondary N) is 1. The van der Waals surface area contributed by atoms with Gasteiger partial charge in [0.1, 0.15) is 33.1 Å². The number of thiophene rings is 2. The van der Waals surface area contributed by atoms with Crippen LogP contribution in [0.25, 0.3) is 20.7 Å². The Labute approximate surface area is 173 Å². The van der Waals surface area contributed by atoms with Gasteiger partial charge in [0.05, 0.1) is 16.8 Å². The van der Waals surface area contributed by atoms with E-state index in [0.29, 0.717) is 39.1 Å². The molecule has 4 aromatic rings. The first kappa shape index (κ1) is 18.8. The number of nitriles is 1. The highest BCUT2D eigenvalue weighted by Gasteiger charge is 2.16. The zero-order valence-electron chi connectivity index (χ0n) is 15.4. The van der Waals surface area contributed by atoms with Crippen molar-refractivity contribution in [2.24, 2.45) is 0 Å². The van der Waals surface area contributed by atoms with Gasteiger partial charge in [-0.05, 0) is 32.9 Å². The van der Waals surface area contributed by atoms with Crippen molar-refractivity contribution in [3.63, 3.8) is 0 Å². The summed E-state index contributed by atoms with van der Waals surface area (Å²) >= 11 is 4.51. The van der Waals surface area contributed by atoms with Gasteiger partial charge in [-0.1, -0.05) is 11.8 Å². The molecule has 0 aromatic carbocycles. The first-order valence-electron chi connectivity index (χ1n) is 8.41. The van der Waals surface area contributed by atoms with Crippen molar-refractivity contribution in [3.8, 4) is 16.5 Å². The minimum absolute atomic E-state index is 0.140. The fourth-order valence-electron chi connectivity index (χ4n) is 2.87. The molecule has 0 aliphatic rings. The molecule has 9 heteroatoms. The summed E-state index contributed by atoms with van der Waals surface area (Å²) < 4.78 is 0. The molecule has 0 fully saturated rings. The molecule has 0 saturated heterocycles. The second-order valence-electron chi connectivity index (χ2n) is 6.19. The lowest BCUT2D eigenvalue weighted by atomic mass is 10.2. The van der Waals surface area contributed by atoms with Gasteiger partial charge in [-0.2, -0.15) is 5.26 Å². The summed E-state index contributed by atoms with van der Waals surface area (Å²) in [6.07, 6.45) is 0. The van der Waals surface area contributed by atoms with Crippen molar-refractivity contribution >= 4 is 44.7 Å². The lowest BCUT2D eigenvalue weighted by Gasteiger charge is -2.06. The minimum Gasteiger partial charge on any atom is -0.309 e. The zero-order valence-corrected chi connectivity index (χ0v) is 17.8. The maximum Gasteiger partial charge on any atom is 0.260 e. The third-order valence-corrected chi connectivity index (χ3v) is 7.02. The predicted molar refractivity (Wildman–Crippen MR) is 114 cm³/mol. The molecular formula is C19H15N5OS3. The second kappa shape index (κ2) is 7.47. The number of aromatic amines is 1. The smallest absolute Gasteiger partial charge is 0.260 e. The molecule has 0 atom stereocenters. The maximum atomic E-state index is 12.7. The third kappa shape index (κ3) is 3.46. The molecule has 0 aliphatic heterocycles. The Hall–Kier alpha value is -2.54. The van der Waals surface area contributed by atoms with Gasteiger partial charge in [-0.15, -0.1) is 22.7 Å². The summed E-state index contributed by atoms with van der Waals surface area (Å²) in [6, 6.07) is 6.24. The van der Waals surface area contributed by atoms with Crippen LogP contribution in [0.5, 0.6) is 0 Å². The normalized spacial score (nSPS) is 11.1. The van der Waals surface area contributed by atoms with Gasteiger partial charge in [0.2, 0.25) is 0 Å². The summed E-state index contributed by atoms with van der Waals surface area (Å²) in [5, 5.41) is 12.6. The average Bonchev–Trinajstić information content (AvgIpc) is 3.25. The zero-order chi connectivity index (χ0) is 19.8. The van der Waals surface area contributed by atoms with Crippen LogP contribution in [0.2, 0.25) is 0 Å². The Morgan fingerprint density at radius 3 is 2.75 bits per heavy atom. The van der Waals surface area contributed by atoms with Crippen molar-refractivity contribution in [1.82, 2.24) is 19.9 Å². The largest absolute Gasteiger partial charge is 0.309 e. The molecule has 4 rings (SSSR count). The van der Waals surface area contributed by atoms with E-state index in [0.717, 1.165) is 15.3 Å². The van der Waals surface area contributed by atoms with Gasteiger partial charge >= 0.3 is 0 Å². The van der Waals surface area contributed by atoms with Crippen LogP contribution in [0.1, 0.15) is 27.8 Å². The van der Waals surface area contributed by atoms with E-state index in [2.05, 4.69) is 32.1 Å². The second-order valence-corrected chi connectivity index (χ2v) is 9.30. The number of nitrogens with zero attached hydrogens (tertiary/aromatic N) is 4. The van der Waals surface area contributed by atoms with Crippen molar-refractivity contribution in [2.45, 2.75) is 31.6 Å². The first-order valence-corrected chi connectivity index (χ1v) is 11.1. The van der Waals surface area contributed by atoms with Gasteiger partial charge in [-0.25, -0.2) is 15.0 Å². The Morgan fingerprint density at radius 1 is 1.21 bits per heavy atom. The Bertz CT molecular complexity index is 1300. The van der Waals surface area contributed by atoms with Crippen molar-refractivity contribution < 1.29 is 0 Å². The van der Waals surface area contributed by atoms with Gasteiger partial charge < -0.3 is 4.98 Å². The maximum absolute atomic E-state index is 12.7. The van der Waals surface area contributed by atoms with E-state index in [-0.39, 0.29) is 5.56 Å². The fourth-order valence-corrected chi connectivity index (χ4v) is 5.74. The highest BCUT2D eigenvalue weighted by Crippen LogP contribution is 2.35. The number of aromatic nitrogens is 4. The third-order valence-electron chi connectivity index (χ3n) is 4.12. The Kier molecular flexibility index (Phi) is 5.02. The fraction of sp³-hybridized carbons (Fsp3) is 0.211. The number of hydrogen-bond acceptors (Lipinski definition) is 8. The van der Waals surface area contributed by atoms with Gasteiger partial charge in [0, 0.05) is 20.7 Å². The first-order chi connectivity index (χ1) is 13.5. The van der Waals surface area contributed by atoms with Crippen LogP contribution in [-0.4, -0.2) is 19.9 Å².